The van der Waals surface area contributed by atoms with Gasteiger partial charge in [0.05, 0.1) is 33.8 Å². The van der Waals surface area contributed by atoms with Gasteiger partial charge in [0, 0.05) is 44.3 Å². The number of aromatic nitrogens is 3. The lowest BCUT2D eigenvalue weighted by Gasteiger charge is -2.40. The van der Waals surface area contributed by atoms with Gasteiger partial charge in [-0.2, -0.15) is 0 Å². The average Bonchev–Trinajstić information content (AvgIpc) is 3.54. The number of benzene rings is 7. The van der Waals surface area contributed by atoms with Crippen LogP contribution in [0.25, 0.3) is 67.2 Å². The summed E-state index contributed by atoms with van der Waals surface area (Å²) in [4.78, 5) is 16.1. The Hall–Kier alpha value is -7.17. The van der Waals surface area contributed by atoms with Crippen molar-refractivity contribution in [2.45, 2.75) is 5.41 Å². The highest BCUT2D eigenvalue weighted by Crippen LogP contribution is 2.64. The number of para-hydroxylation sites is 2. The zero-order chi connectivity index (χ0) is 35.6. The summed E-state index contributed by atoms with van der Waals surface area (Å²) >= 11 is 0. The maximum absolute atomic E-state index is 7.08. The summed E-state index contributed by atoms with van der Waals surface area (Å²) in [6.07, 6.45) is 0. The fourth-order valence-electron chi connectivity index (χ4n) is 8.68. The predicted octanol–water partition coefficient (Wildman–Crippen LogP) is 12.2. The molecule has 1 aliphatic heterocycles. The Bertz CT molecular complexity index is 2850. The molecule has 1 spiro atoms. The van der Waals surface area contributed by atoms with E-state index in [0.717, 1.165) is 84.2 Å². The standard InChI is InChI=1S/C50H31N3O/c1-4-17-32(18-5-1)42-31-43(33-19-6-2-7-20-33)52-49(51-42)38-26-16-29-41-48(38)54-44-30-15-14-28-40(44)50(41)39-27-13-12-25-37(39)47-45(50)35-23-10-11-24-36(35)46(53-47)34-21-8-3-9-22-34/h1-31H. The molecular formula is C50H31N3O. The topological polar surface area (TPSA) is 47.9 Å². The lowest BCUT2D eigenvalue weighted by molar-refractivity contribution is 0.438. The molecule has 2 aromatic heterocycles. The quantitative estimate of drug-likeness (QED) is 0.185. The van der Waals surface area contributed by atoms with Gasteiger partial charge in [-0.15, -0.1) is 0 Å². The molecule has 0 radical (unpaired) electrons. The number of hydrogen-bond acceptors (Lipinski definition) is 4. The van der Waals surface area contributed by atoms with E-state index in [2.05, 4.69) is 152 Å². The second kappa shape index (κ2) is 11.9. The van der Waals surface area contributed by atoms with E-state index in [9.17, 15) is 0 Å². The molecule has 4 nitrogen and oxygen atoms in total. The smallest absolute Gasteiger partial charge is 0.164 e. The van der Waals surface area contributed by atoms with Gasteiger partial charge in [-0.05, 0) is 29.1 Å². The molecule has 0 amide bonds. The maximum atomic E-state index is 7.08. The highest BCUT2D eigenvalue weighted by atomic mass is 16.5. The van der Waals surface area contributed by atoms with E-state index in [1.807, 2.05) is 36.4 Å². The van der Waals surface area contributed by atoms with E-state index in [1.165, 1.54) is 10.9 Å². The fraction of sp³-hybridized carbons (Fsp3) is 0.0200. The third kappa shape index (κ3) is 4.40. The number of hydrogen-bond donors (Lipinski definition) is 0. The molecule has 1 unspecified atom stereocenters. The summed E-state index contributed by atoms with van der Waals surface area (Å²) < 4.78 is 7.08. The maximum Gasteiger partial charge on any atom is 0.164 e. The summed E-state index contributed by atoms with van der Waals surface area (Å²) in [7, 11) is 0. The van der Waals surface area contributed by atoms with Crippen LogP contribution in [-0.2, 0) is 5.41 Å². The Kier molecular flexibility index (Phi) is 6.73. The van der Waals surface area contributed by atoms with Crippen molar-refractivity contribution >= 4 is 10.8 Å². The molecule has 0 fully saturated rings. The first kappa shape index (κ1) is 30.5. The van der Waals surface area contributed by atoms with Crippen LogP contribution in [0.5, 0.6) is 11.5 Å². The second-order valence-corrected chi connectivity index (χ2v) is 13.9. The van der Waals surface area contributed by atoms with Crippen LogP contribution in [0.3, 0.4) is 0 Å². The van der Waals surface area contributed by atoms with Crippen molar-refractivity contribution < 1.29 is 4.74 Å². The predicted molar refractivity (Wildman–Crippen MR) is 216 cm³/mol. The molecule has 0 saturated heterocycles. The normalized spacial score (nSPS) is 14.9. The first-order valence-corrected chi connectivity index (χ1v) is 18.3. The summed E-state index contributed by atoms with van der Waals surface area (Å²) in [6.45, 7) is 0. The molecular weight excluding hydrogens is 659 g/mol. The van der Waals surface area contributed by atoms with Crippen molar-refractivity contribution in [3.63, 3.8) is 0 Å². The van der Waals surface area contributed by atoms with Crippen LogP contribution in [-0.4, -0.2) is 15.0 Å². The minimum Gasteiger partial charge on any atom is -0.456 e. The van der Waals surface area contributed by atoms with Gasteiger partial charge in [-0.3, -0.25) is 0 Å². The summed E-state index contributed by atoms with van der Waals surface area (Å²) in [6, 6.07) is 65.6. The molecule has 11 rings (SSSR count). The number of ether oxygens (including phenoxy) is 1. The molecule has 9 aromatic rings. The zero-order valence-electron chi connectivity index (χ0n) is 29.1. The van der Waals surface area contributed by atoms with Gasteiger partial charge in [0.25, 0.3) is 0 Å². The van der Waals surface area contributed by atoms with Crippen LogP contribution in [0.4, 0.5) is 0 Å². The van der Waals surface area contributed by atoms with E-state index in [1.54, 1.807) is 0 Å². The highest BCUT2D eigenvalue weighted by Gasteiger charge is 2.53. The van der Waals surface area contributed by atoms with Crippen LogP contribution in [0.1, 0.15) is 22.3 Å². The molecule has 3 heterocycles. The van der Waals surface area contributed by atoms with Gasteiger partial charge < -0.3 is 4.74 Å². The van der Waals surface area contributed by atoms with Gasteiger partial charge in [0.1, 0.15) is 11.5 Å². The van der Waals surface area contributed by atoms with Crippen molar-refractivity contribution in [2.75, 3.05) is 0 Å². The SMILES string of the molecule is c1ccc(-c2cc(-c3ccccc3)nc(-c3cccc4c3Oc3ccccc3C43c4ccccc4-c4nc(-c5ccccc5)c5ccccc5c43)n2)cc1. The molecule has 54 heavy (non-hydrogen) atoms. The van der Waals surface area contributed by atoms with Crippen molar-refractivity contribution in [3.8, 4) is 67.9 Å². The number of rotatable bonds is 4. The molecule has 0 saturated carbocycles. The molecule has 1 aliphatic carbocycles. The lowest BCUT2D eigenvalue weighted by atomic mass is 9.65. The van der Waals surface area contributed by atoms with Crippen molar-refractivity contribution in [1.29, 1.82) is 0 Å². The molecule has 1 atom stereocenters. The van der Waals surface area contributed by atoms with Gasteiger partial charge in [0.2, 0.25) is 0 Å². The van der Waals surface area contributed by atoms with Crippen molar-refractivity contribution in [2.24, 2.45) is 0 Å². The highest BCUT2D eigenvalue weighted by molar-refractivity contribution is 6.05. The first-order chi connectivity index (χ1) is 26.8. The Labute approximate surface area is 313 Å². The Balaban J connectivity index is 1.24. The van der Waals surface area contributed by atoms with Crippen molar-refractivity contribution in [3.05, 3.63) is 210 Å². The number of nitrogens with zero attached hydrogens (tertiary/aromatic N) is 3. The fourth-order valence-corrected chi connectivity index (χ4v) is 8.68. The van der Waals surface area contributed by atoms with E-state index in [0.29, 0.717) is 5.82 Å². The van der Waals surface area contributed by atoms with Gasteiger partial charge in [-0.25, -0.2) is 15.0 Å². The summed E-state index contributed by atoms with van der Waals surface area (Å²) in [5.74, 6) is 2.16. The lowest BCUT2D eigenvalue weighted by Crippen LogP contribution is -2.32. The minimum atomic E-state index is -0.729. The van der Waals surface area contributed by atoms with Crippen LogP contribution < -0.4 is 4.74 Å². The van der Waals surface area contributed by atoms with Crippen LogP contribution in [0.2, 0.25) is 0 Å². The largest absolute Gasteiger partial charge is 0.456 e. The van der Waals surface area contributed by atoms with Gasteiger partial charge in [-0.1, -0.05) is 170 Å². The van der Waals surface area contributed by atoms with Crippen molar-refractivity contribution in [1.82, 2.24) is 15.0 Å². The van der Waals surface area contributed by atoms with Crippen LogP contribution >= 0.6 is 0 Å². The van der Waals surface area contributed by atoms with Crippen LogP contribution in [0.15, 0.2) is 188 Å². The minimum absolute atomic E-state index is 0.607. The number of pyridine rings is 1. The van der Waals surface area contributed by atoms with E-state index < -0.39 is 5.41 Å². The Morgan fingerprint density at radius 2 is 0.926 bits per heavy atom. The zero-order valence-corrected chi connectivity index (χ0v) is 29.1. The van der Waals surface area contributed by atoms with Crippen LogP contribution in [0, 0.1) is 0 Å². The van der Waals surface area contributed by atoms with E-state index in [-0.39, 0.29) is 0 Å². The average molecular weight is 690 g/mol. The molecule has 252 valence electrons. The third-order valence-electron chi connectivity index (χ3n) is 10.9. The molecule has 0 bridgehead atoms. The first-order valence-electron chi connectivity index (χ1n) is 18.3. The molecule has 4 heteroatoms. The van der Waals surface area contributed by atoms with Gasteiger partial charge >= 0.3 is 0 Å². The monoisotopic (exact) mass is 689 g/mol. The Morgan fingerprint density at radius 3 is 1.63 bits per heavy atom. The molecule has 0 N–H and O–H groups in total. The summed E-state index contributed by atoms with van der Waals surface area (Å²) in [5.41, 5.74) is 12.5. The molecule has 7 aromatic carbocycles. The van der Waals surface area contributed by atoms with Gasteiger partial charge in [0.15, 0.2) is 5.82 Å². The number of fused-ring (bicyclic) bond motifs is 11. The summed E-state index contributed by atoms with van der Waals surface area (Å²) in [5, 5.41) is 2.28. The Morgan fingerprint density at radius 1 is 0.389 bits per heavy atom. The third-order valence-corrected chi connectivity index (χ3v) is 10.9. The van der Waals surface area contributed by atoms with E-state index >= 15 is 0 Å². The van der Waals surface area contributed by atoms with E-state index in [4.69, 9.17) is 19.7 Å². The molecule has 2 aliphatic rings. The second-order valence-electron chi connectivity index (χ2n) is 13.9.